The van der Waals surface area contributed by atoms with Crippen molar-refractivity contribution in [2.45, 2.75) is 12.8 Å². The van der Waals surface area contributed by atoms with Crippen LogP contribution in [0.3, 0.4) is 0 Å². The maximum absolute atomic E-state index is 9.58. The van der Waals surface area contributed by atoms with Crippen LogP contribution in [-0.4, -0.2) is 37.2 Å². The Morgan fingerprint density at radius 1 is 1.27 bits per heavy atom. The summed E-state index contributed by atoms with van der Waals surface area (Å²) in [6.45, 7) is 1.59. The minimum atomic E-state index is 0.356. The molecule has 0 spiro atoms. The zero-order chi connectivity index (χ0) is 11.3. The lowest BCUT2D eigenvalue weighted by atomic mass is 10.0. The standard InChI is InChI=1S/C12H20N2O/c1-14(2)8-6-10-3-4-12(15)11(9-10)5-7-13/h3-4,9,15H,5-8,13H2,1-2H3. The van der Waals surface area contributed by atoms with Crippen molar-refractivity contribution in [2.24, 2.45) is 5.73 Å². The molecule has 0 bridgehead atoms. The zero-order valence-corrected chi connectivity index (χ0v) is 9.53. The molecule has 3 heteroatoms. The molecule has 3 nitrogen and oxygen atoms in total. The first-order valence-corrected chi connectivity index (χ1v) is 5.29. The lowest BCUT2D eigenvalue weighted by molar-refractivity contribution is 0.413. The van der Waals surface area contributed by atoms with Gasteiger partial charge in [0.25, 0.3) is 0 Å². The van der Waals surface area contributed by atoms with Crippen LogP contribution in [0.4, 0.5) is 0 Å². The average molecular weight is 208 g/mol. The number of hydrogen-bond acceptors (Lipinski definition) is 3. The molecule has 3 N–H and O–H groups in total. The number of phenols is 1. The summed E-state index contributed by atoms with van der Waals surface area (Å²) in [5.74, 6) is 0.356. The van der Waals surface area contributed by atoms with Gasteiger partial charge in [-0.15, -0.1) is 0 Å². The highest BCUT2D eigenvalue weighted by Crippen LogP contribution is 2.19. The van der Waals surface area contributed by atoms with Crippen molar-refractivity contribution in [1.82, 2.24) is 4.90 Å². The topological polar surface area (TPSA) is 49.5 Å². The van der Waals surface area contributed by atoms with Crippen LogP contribution in [0.15, 0.2) is 18.2 Å². The number of hydrogen-bond donors (Lipinski definition) is 2. The quantitative estimate of drug-likeness (QED) is 0.759. The Balaban J connectivity index is 2.69. The van der Waals surface area contributed by atoms with Gasteiger partial charge in [-0.1, -0.05) is 12.1 Å². The van der Waals surface area contributed by atoms with Crippen molar-refractivity contribution in [2.75, 3.05) is 27.2 Å². The highest BCUT2D eigenvalue weighted by Gasteiger charge is 2.02. The first-order chi connectivity index (χ1) is 7.13. The monoisotopic (exact) mass is 208 g/mol. The smallest absolute Gasteiger partial charge is 0.118 e. The molecular weight excluding hydrogens is 188 g/mol. The van der Waals surface area contributed by atoms with E-state index < -0.39 is 0 Å². The Labute approximate surface area is 91.5 Å². The lowest BCUT2D eigenvalue weighted by Crippen LogP contribution is -2.15. The number of aromatic hydroxyl groups is 1. The Morgan fingerprint density at radius 2 is 2.00 bits per heavy atom. The van der Waals surface area contributed by atoms with Gasteiger partial charge in [-0.25, -0.2) is 0 Å². The molecule has 0 unspecified atom stereocenters. The van der Waals surface area contributed by atoms with E-state index in [1.807, 2.05) is 12.1 Å². The summed E-state index contributed by atoms with van der Waals surface area (Å²) in [7, 11) is 4.11. The van der Waals surface area contributed by atoms with Crippen molar-refractivity contribution in [3.8, 4) is 5.75 Å². The average Bonchev–Trinajstić information content (AvgIpc) is 2.19. The van der Waals surface area contributed by atoms with Gasteiger partial charge < -0.3 is 15.7 Å². The molecule has 1 aromatic carbocycles. The SMILES string of the molecule is CN(C)CCc1ccc(O)c(CCN)c1. The third kappa shape index (κ3) is 3.90. The van der Waals surface area contributed by atoms with E-state index in [1.54, 1.807) is 6.07 Å². The van der Waals surface area contributed by atoms with Gasteiger partial charge in [0, 0.05) is 6.54 Å². The van der Waals surface area contributed by atoms with Crippen LogP contribution in [0, 0.1) is 0 Å². The van der Waals surface area contributed by atoms with Crippen LogP contribution in [0.1, 0.15) is 11.1 Å². The maximum Gasteiger partial charge on any atom is 0.118 e. The third-order valence-electron chi connectivity index (χ3n) is 2.41. The van der Waals surface area contributed by atoms with E-state index in [0.29, 0.717) is 12.3 Å². The zero-order valence-electron chi connectivity index (χ0n) is 9.53. The van der Waals surface area contributed by atoms with E-state index in [-0.39, 0.29) is 0 Å². The molecule has 0 aliphatic carbocycles. The summed E-state index contributed by atoms with van der Waals surface area (Å²) >= 11 is 0. The lowest BCUT2D eigenvalue weighted by Gasteiger charge is -2.11. The van der Waals surface area contributed by atoms with E-state index in [2.05, 4.69) is 19.0 Å². The minimum absolute atomic E-state index is 0.356. The van der Waals surface area contributed by atoms with Crippen molar-refractivity contribution in [3.63, 3.8) is 0 Å². The van der Waals surface area contributed by atoms with Crippen LogP contribution in [0.25, 0.3) is 0 Å². The predicted octanol–water partition coefficient (Wildman–Crippen LogP) is 0.998. The number of benzene rings is 1. The van der Waals surface area contributed by atoms with Crippen LogP contribution in [0.5, 0.6) is 5.75 Å². The second kappa shape index (κ2) is 5.73. The van der Waals surface area contributed by atoms with Gasteiger partial charge in [-0.2, -0.15) is 0 Å². The highest BCUT2D eigenvalue weighted by atomic mass is 16.3. The molecule has 0 fully saturated rings. The normalized spacial score (nSPS) is 10.9. The highest BCUT2D eigenvalue weighted by molar-refractivity contribution is 5.36. The van der Waals surface area contributed by atoms with Gasteiger partial charge >= 0.3 is 0 Å². The van der Waals surface area contributed by atoms with Crippen LogP contribution in [-0.2, 0) is 12.8 Å². The van der Waals surface area contributed by atoms with Gasteiger partial charge in [0.15, 0.2) is 0 Å². The molecule has 0 radical (unpaired) electrons. The van der Waals surface area contributed by atoms with Gasteiger partial charge in [-0.05, 0) is 50.7 Å². The van der Waals surface area contributed by atoms with E-state index in [4.69, 9.17) is 5.73 Å². The fourth-order valence-corrected chi connectivity index (χ4v) is 1.50. The van der Waals surface area contributed by atoms with E-state index in [0.717, 1.165) is 24.9 Å². The molecule has 84 valence electrons. The van der Waals surface area contributed by atoms with Crippen molar-refractivity contribution in [3.05, 3.63) is 29.3 Å². The Bertz CT molecular complexity index is 310. The summed E-state index contributed by atoms with van der Waals surface area (Å²) in [6.07, 6.45) is 1.74. The van der Waals surface area contributed by atoms with Crippen molar-refractivity contribution < 1.29 is 5.11 Å². The molecule has 1 aromatic rings. The van der Waals surface area contributed by atoms with Gasteiger partial charge in [0.1, 0.15) is 5.75 Å². The number of rotatable bonds is 5. The fourth-order valence-electron chi connectivity index (χ4n) is 1.50. The van der Waals surface area contributed by atoms with E-state index in [9.17, 15) is 5.11 Å². The molecule has 0 amide bonds. The van der Waals surface area contributed by atoms with E-state index in [1.165, 1.54) is 5.56 Å². The number of nitrogens with two attached hydrogens (primary N) is 1. The number of likely N-dealkylation sites (N-methyl/N-ethyl adjacent to an activating group) is 1. The summed E-state index contributed by atoms with van der Waals surface area (Å²) in [4.78, 5) is 2.15. The van der Waals surface area contributed by atoms with Crippen molar-refractivity contribution >= 4 is 0 Å². The van der Waals surface area contributed by atoms with Crippen LogP contribution >= 0.6 is 0 Å². The first-order valence-electron chi connectivity index (χ1n) is 5.29. The molecule has 0 aliphatic heterocycles. The summed E-state index contributed by atoms with van der Waals surface area (Å²) < 4.78 is 0. The second-order valence-electron chi connectivity index (χ2n) is 4.06. The molecule has 1 rings (SSSR count). The fraction of sp³-hybridized carbons (Fsp3) is 0.500. The first kappa shape index (κ1) is 12.0. The molecule has 0 aliphatic rings. The van der Waals surface area contributed by atoms with Gasteiger partial charge in [0.05, 0.1) is 0 Å². The molecule has 15 heavy (non-hydrogen) atoms. The number of phenolic OH excluding ortho intramolecular Hbond substituents is 1. The van der Waals surface area contributed by atoms with Crippen LogP contribution in [0.2, 0.25) is 0 Å². The maximum atomic E-state index is 9.58. The molecule has 0 saturated heterocycles. The summed E-state index contributed by atoms with van der Waals surface area (Å²) in [5, 5.41) is 9.58. The van der Waals surface area contributed by atoms with E-state index >= 15 is 0 Å². The largest absolute Gasteiger partial charge is 0.508 e. The molecule has 0 heterocycles. The van der Waals surface area contributed by atoms with Gasteiger partial charge in [0.2, 0.25) is 0 Å². The molecule has 0 saturated carbocycles. The summed E-state index contributed by atoms with van der Waals surface area (Å²) in [6, 6.07) is 5.78. The number of nitrogens with zero attached hydrogens (tertiary/aromatic N) is 1. The predicted molar refractivity (Wildman–Crippen MR) is 63.1 cm³/mol. The molecule has 0 atom stereocenters. The van der Waals surface area contributed by atoms with Gasteiger partial charge in [-0.3, -0.25) is 0 Å². The molecule has 0 aromatic heterocycles. The van der Waals surface area contributed by atoms with Crippen molar-refractivity contribution in [1.29, 1.82) is 0 Å². The molecular formula is C12H20N2O. The Hall–Kier alpha value is -1.06. The third-order valence-corrected chi connectivity index (χ3v) is 2.41. The minimum Gasteiger partial charge on any atom is -0.508 e. The Kier molecular flexibility index (Phi) is 4.59. The Morgan fingerprint density at radius 3 is 2.60 bits per heavy atom. The second-order valence-corrected chi connectivity index (χ2v) is 4.06. The van der Waals surface area contributed by atoms with Crippen LogP contribution < -0.4 is 5.73 Å². The summed E-state index contributed by atoms with van der Waals surface area (Å²) in [5.41, 5.74) is 7.69.